The van der Waals surface area contributed by atoms with Crippen LogP contribution in [0.3, 0.4) is 0 Å². The van der Waals surface area contributed by atoms with E-state index in [1.165, 1.54) is 0 Å². The maximum Gasteiger partial charge on any atom is 0.319 e. The van der Waals surface area contributed by atoms with Gasteiger partial charge in [0.05, 0.1) is 5.69 Å². The van der Waals surface area contributed by atoms with Gasteiger partial charge in [0, 0.05) is 18.0 Å². The lowest BCUT2D eigenvalue weighted by atomic mass is 9.85. The molecule has 23 heavy (non-hydrogen) atoms. The van der Waals surface area contributed by atoms with E-state index in [1.54, 1.807) is 0 Å². The second-order valence-corrected chi connectivity index (χ2v) is 7.07. The molecule has 4 heteroatoms. The minimum atomic E-state index is -0.166. The first-order valence-electron chi connectivity index (χ1n) is 7.99. The summed E-state index contributed by atoms with van der Waals surface area (Å²) in [4.78, 5) is 14.5. The summed E-state index contributed by atoms with van der Waals surface area (Å²) in [5.74, 6) is 0. The molecule has 0 saturated heterocycles. The van der Waals surface area contributed by atoms with Crippen molar-refractivity contribution in [1.82, 2.24) is 10.2 Å². The van der Waals surface area contributed by atoms with Crippen LogP contribution in [0.1, 0.15) is 20.8 Å². The fourth-order valence-electron chi connectivity index (χ4n) is 2.84. The van der Waals surface area contributed by atoms with Gasteiger partial charge in [0.25, 0.3) is 0 Å². The van der Waals surface area contributed by atoms with Crippen LogP contribution in [0.25, 0.3) is 10.8 Å². The second-order valence-electron chi connectivity index (χ2n) is 7.07. The van der Waals surface area contributed by atoms with Crippen molar-refractivity contribution < 1.29 is 4.79 Å². The number of benzene rings is 2. The molecular weight excluding hydrogens is 286 g/mol. The smallest absolute Gasteiger partial charge is 0.319 e. The van der Waals surface area contributed by atoms with E-state index < -0.39 is 0 Å². The van der Waals surface area contributed by atoms with E-state index in [1.807, 2.05) is 63.5 Å². The van der Waals surface area contributed by atoms with Crippen molar-refractivity contribution in [2.45, 2.75) is 26.8 Å². The lowest BCUT2D eigenvalue weighted by molar-refractivity contribution is 0.183. The SMILES string of the molecule is C[C@@H](NC(=O)Nc1cccc2ccccc12)C(C)(C)CN(C)C. The van der Waals surface area contributed by atoms with Gasteiger partial charge in [-0.2, -0.15) is 0 Å². The van der Waals surface area contributed by atoms with Crippen LogP contribution in [0.4, 0.5) is 10.5 Å². The zero-order valence-electron chi connectivity index (χ0n) is 14.7. The summed E-state index contributed by atoms with van der Waals surface area (Å²) in [6.45, 7) is 7.28. The number of anilines is 1. The van der Waals surface area contributed by atoms with Gasteiger partial charge in [-0.05, 0) is 37.9 Å². The van der Waals surface area contributed by atoms with Crippen molar-refractivity contribution in [2.75, 3.05) is 26.0 Å². The fourth-order valence-corrected chi connectivity index (χ4v) is 2.84. The molecule has 0 heterocycles. The molecule has 0 radical (unpaired) electrons. The van der Waals surface area contributed by atoms with Crippen molar-refractivity contribution in [2.24, 2.45) is 5.41 Å². The van der Waals surface area contributed by atoms with E-state index in [9.17, 15) is 4.79 Å². The predicted octanol–water partition coefficient (Wildman–Crippen LogP) is 3.94. The van der Waals surface area contributed by atoms with Gasteiger partial charge in [0.15, 0.2) is 0 Å². The molecule has 0 saturated carbocycles. The highest BCUT2D eigenvalue weighted by molar-refractivity contribution is 6.01. The van der Waals surface area contributed by atoms with Crippen LogP contribution in [0.5, 0.6) is 0 Å². The maximum absolute atomic E-state index is 12.4. The van der Waals surface area contributed by atoms with Crippen LogP contribution in [0, 0.1) is 5.41 Å². The Kier molecular flexibility index (Phi) is 5.26. The Morgan fingerprint density at radius 3 is 2.48 bits per heavy atom. The Labute approximate surface area is 138 Å². The number of hydrogen-bond acceptors (Lipinski definition) is 2. The van der Waals surface area contributed by atoms with Crippen LogP contribution in [0.15, 0.2) is 42.5 Å². The predicted molar refractivity (Wildman–Crippen MR) is 97.9 cm³/mol. The standard InChI is InChI=1S/C19H27N3O/c1-14(19(2,3)13-22(4)5)20-18(23)21-17-12-8-10-15-9-6-7-11-16(15)17/h6-12,14H,13H2,1-5H3,(H2,20,21,23)/t14-/m1/s1. The Hall–Kier alpha value is -2.07. The van der Waals surface area contributed by atoms with Crippen LogP contribution in [0.2, 0.25) is 0 Å². The molecule has 0 aromatic heterocycles. The van der Waals surface area contributed by atoms with E-state index in [0.29, 0.717) is 0 Å². The molecule has 0 aliphatic heterocycles. The van der Waals surface area contributed by atoms with Crippen molar-refractivity contribution >= 4 is 22.5 Å². The zero-order valence-corrected chi connectivity index (χ0v) is 14.7. The summed E-state index contributed by atoms with van der Waals surface area (Å²) < 4.78 is 0. The second kappa shape index (κ2) is 7.01. The molecule has 4 nitrogen and oxygen atoms in total. The Balaban J connectivity index is 2.07. The third kappa shape index (κ3) is 4.45. The number of nitrogens with one attached hydrogen (secondary N) is 2. The average Bonchev–Trinajstić information content (AvgIpc) is 2.46. The molecule has 2 amide bonds. The number of urea groups is 1. The van der Waals surface area contributed by atoms with Crippen LogP contribution in [-0.4, -0.2) is 37.6 Å². The average molecular weight is 313 g/mol. The van der Waals surface area contributed by atoms with Gasteiger partial charge in [0.1, 0.15) is 0 Å². The van der Waals surface area contributed by atoms with Gasteiger partial charge in [0.2, 0.25) is 0 Å². The summed E-state index contributed by atoms with van der Waals surface area (Å²) in [6.07, 6.45) is 0. The number of hydrogen-bond donors (Lipinski definition) is 2. The normalized spacial score (nSPS) is 13.1. The summed E-state index contributed by atoms with van der Waals surface area (Å²) in [6, 6.07) is 13.9. The highest BCUT2D eigenvalue weighted by atomic mass is 16.2. The summed E-state index contributed by atoms with van der Waals surface area (Å²) in [5.41, 5.74) is 0.817. The molecule has 2 N–H and O–H groups in total. The van der Waals surface area contributed by atoms with Crippen LogP contribution >= 0.6 is 0 Å². The van der Waals surface area contributed by atoms with E-state index >= 15 is 0 Å². The highest BCUT2D eigenvalue weighted by Crippen LogP contribution is 2.24. The third-order valence-corrected chi connectivity index (χ3v) is 4.28. The van der Waals surface area contributed by atoms with Crippen molar-refractivity contribution in [3.63, 3.8) is 0 Å². The molecule has 0 fully saturated rings. The summed E-state index contributed by atoms with van der Waals surface area (Å²) in [5, 5.41) is 8.20. The minimum Gasteiger partial charge on any atom is -0.335 e. The monoisotopic (exact) mass is 313 g/mol. The van der Waals surface area contributed by atoms with E-state index in [-0.39, 0.29) is 17.5 Å². The molecule has 124 valence electrons. The maximum atomic E-state index is 12.4. The zero-order chi connectivity index (χ0) is 17.0. The number of fused-ring (bicyclic) bond motifs is 1. The Morgan fingerprint density at radius 1 is 1.13 bits per heavy atom. The quantitative estimate of drug-likeness (QED) is 0.878. The molecule has 0 aliphatic carbocycles. The largest absolute Gasteiger partial charge is 0.335 e. The molecule has 0 spiro atoms. The minimum absolute atomic E-state index is 0.0143. The van der Waals surface area contributed by atoms with Crippen molar-refractivity contribution in [1.29, 1.82) is 0 Å². The number of carbonyl (C=O) groups is 1. The molecule has 0 unspecified atom stereocenters. The van der Waals surface area contributed by atoms with E-state index in [2.05, 4.69) is 29.4 Å². The molecule has 0 aliphatic rings. The number of amides is 2. The van der Waals surface area contributed by atoms with Crippen molar-refractivity contribution in [3.05, 3.63) is 42.5 Å². The molecule has 0 bridgehead atoms. The van der Waals surface area contributed by atoms with Gasteiger partial charge in [-0.3, -0.25) is 0 Å². The Morgan fingerprint density at radius 2 is 1.78 bits per heavy atom. The first-order chi connectivity index (χ1) is 10.8. The molecule has 2 aromatic carbocycles. The fraction of sp³-hybridized carbons (Fsp3) is 0.421. The van der Waals surface area contributed by atoms with E-state index in [4.69, 9.17) is 0 Å². The molecular formula is C19H27N3O. The lowest BCUT2D eigenvalue weighted by Crippen LogP contribution is -2.48. The Bertz CT molecular complexity index is 674. The summed E-state index contributed by atoms with van der Waals surface area (Å²) in [7, 11) is 4.09. The molecule has 2 aromatic rings. The number of nitrogens with zero attached hydrogens (tertiary/aromatic N) is 1. The third-order valence-electron chi connectivity index (χ3n) is 4.28. The molecule has 2 rings (SSSR count). The lowest BCUT2D eigenvalue weighted by Gasteiger charge is -2.34. The van der Waals surface area contributed by atoms with E-state index in [0.717, 1.165) is 23.0 Å². The highest BCUT2D eigenvalue weighted by Gasteiger charge is 2.27. The first-order valence-corrected chi connectivity index (χ1v) is 7.99. The molecule has 1 atom stereocenters. The van der Waals surface area contributed by atoms with Gasteiger partial charge in [-0.15, -0.1) is 0 Å². The number of rotatable bonds is 5. The van der Waals surface area contributed by atoms with Crippen LogP contribution < -0.4 is 10.6 Å². The number of carbonyl (C=O) groups excluding carboxylic acids is 1. The van der Waals surface area contributed by atoms with Crippen LogP contribution in [-0.2, 0) is 0 Å². The van der Waals surface area contributed by atoms with Gasteiger partial charge >= 0.3 is 6.03 Å². The summed E-state index contributed by atoms with van der Waals surface area (Å²) >= 11 is 0. The van der Waals surface area contributed by atoms with Crippen molar-refractivity contribution in [3.8, 4) is 0 Å². The van der Waals surface area contributed by atoms with Gasteiger partial charge in [-0.25, -0.2) is 4.79 Å². The first kappa shape index (κ1) is 17.3. The van der Waals surface area contributed by atoms with Gasteiger partial charge in [-0.1, -0.05) is 50.2 Å². The van der Waals surface area contributed by atoms with Gasteiger partial charge < -0.3 is 15.5 Å². The topological polar surface area (TPSA) is 44.4 Å².